The molecule has 0 saturated heterocycles. The molecule has 94 valence electrons. The molecule has 0 aliphatic heterocycles. The van der Waals surface area contributed by atoms with Gasteiger partial charge in [0.05, 0.1) is 0 Å². The van der Waals surface area contributed by atoms with Gasteiger partial charge in [-0.05, 0) is 25.0 Å². The van der Waals surface area contributed by atoms with Gasteiger partial charge in [-0.3, -0.25) is 9.78 Å². The Morgan fingerprint density at radius 1 is 1.35 bits per heavy atom. The van der Waals surface area contributed by atoms with Crippen molar-refractivity contribution in [2.45, 2.75) is 32.7 Å². The molecule has 0 aliphatic carbocycles. The van der Waals surface area contributed by atoms with Crippen LogP contribution in [-0.4, -0.2) is 34.3 Å². The molecule has 0 aromatic carbocycles. The first-order valence-corrected chi connectivity index (χ1v) is 6.55. The predicted octanol–water partition coefficient (Wildman–Crippen LogP) is 2.95. The highest BCUT2D eigenvalue weighted by Gasteiger charge is 2.21. The van der Waals surface area contributed by atoms with E-state index in [-0.39, 0.29) is 11.9 Å². The molecule has 0 saturated carbocycles. The minimum absolute atomic E-state index is 0.0433. The highest BCUT2D eigenvalue weighted by molar-refractivity contribution is 6.18. The van der Waals surface area contributed by atoms with E-state index < -0.39 is 0 Å². The lowest BCUT2D eigenvalue weighted by Crippen LogP contribution is -2.41. The lowest BCUT2D eigenvalue weighted by atomic mass is 10.1. The molecule has 0 unspecified atom stereocenters. The van der Waals surface area contributed by atoms with Gasteiger partial charge in [-0.15, -0.1) is 11.6 Å². The fourth-order valence-corrected chi connectivity index (χ4v) is 2.11. The second kappa shape index (κ2) is 7.28. The van der Waals surface area contributed by atoms with Crippen LogP contribution in [0.15, 0.2) is 24.5 Å². The summed E-state index contributed by atoms with van der Waals surface area (Å²) >= 11 is 5.78. The molecule has 1 aromatic heterocycles. The van der Waals surface area contributed by atoms with Crippen molar-refractivity contribution in [2.75, 3.05) is 12.4 Å². The third-order valence-electron chi connectivity index (χ3n) is 2.90. The molecule has 1 rings (SSSR count). The maximum Gasteiger partial charge on any atom is 0.254 e. The van der Waals surface area contributed by atoms with Crippen molar-refractivity contribution in [2.24, 2.45) is 0 Å². The molecule has 1 amide bonds. The van der Waals surface area contributed by atoms with E-state index in [0.717, 1.165) is 12.8 Å². The van der Waals surface area contributed by atoms with Gasteiger partial charge < -0.3 is 4.90 Å². The molecule has 0 radical (unpaired) electrons. The van der Waals surface area contributed by atoms with Gasteiger partial charge >= 0.3 is 0 Å². The maximum atomic E-state index is 12.3. The molecule has 0 atom stereocenters. The smallest absolute Gasteiger partial charge is 0.254 e. The molecule has 1 aromatic rings. The van der Waals surface area contributed by atoms with Crippen LogP contribution < -0.4 is 0 Å². The molecule has 0 aliphatic rings. The van der Waals surface area contributed by atoms with Crippen molar-refractivity contribution in [3.05, 3.63) is 30.1 Å². The first-order valence-electron chi connectivity index (χ1n) is 6.01. The molecule has 3 nitrogen and oxygen atoms in total. The van der Waals surface area contributed by atoms with Crippen LogP contribution in [0.4, 0.5) is 0 Å². The Labute approximate surface area is 108 Å². The number of amides is 1. The van der Waals surface area contributed by atoms with Crippen LogP contribution in [-0.2, 0) is 0 Å². The summed E-state index contributed by atoms with van der Waals surface area (Å²) in [6, 6.07) is 3.74. The van der Waals surface area contributed by atoms with Crippen LogP contribution in [0.5, 0.6) is 0 Å². The Morgan fingerprint density at radius 2 is 1.94 bits per heavy atom. The van der Waals surface area contributed by atoms with E-state index in [1.165, 1.54) is 0 Å². The van der Waals surface area contributed by atoms with Crippen molar-refractivity contribution < 1.29 is 4.79 Å². The number of rotatable bonds is 6. The van der Waals surface area contributed by atoms with Crippen molar-refractivity contribution in [1.29, 1.82) is 0 Å². The number of hydrogen-bond donors (Lipinski definition) is 0. The number of carbonyl (C=O) groups is 1. The Kier molecular flexibility index (Phi) is 5.98. The standard InChI is InChI=1S/C13H19ClN2O/c1-3-12(4-2)16(10-7-14)13(17)11-5-8-15-9-6-11/h5-6,8-9,12H,3-4,7,10H2,1-2H3. The van der Waals surface area contributed by atoms with Crippen molar-refractivity contribution in [1.82, 2.24) is 9.88 Å². The zero-order chi connectivity index (χ0) is 12.7. The zero-order valence-corrected chi connectivity index (χ0v) is 11.2. The van der Waals surface area contributed by atoms with E-state index >= 15 is 0 Å². The fraction of sp³-hybridized carbons (Fsp3) is 0.538. The van der Waals surface area contributed by atoms with E-state index in [4.69, 9.17) is 11.6 Å². The number of hydrogen-bond acceptors (Lipinski definition) is 2. The van der Waals surface area contributed by atoms with Gasteiger partial charge in [0.15, 0.2) is 0 Å². The van der Waals surface area contributed by atoms with Crippen LogP contribution in [0, 0.1) is 0 Å². The average Bonchev–Trinajstić information content (AvgIpc) is 2.39. The molecule has 1 heterocycles. The van der Waals surface area contributed by atoms with Crippen molar-refractivity contribution in [3.63, 3.8) is 0 Å². The van der Waals surface area contributed by atoms with Gasteiger partial charge in [0.1, 0.15) is 0 Å². The second-order valence-electron chi connectivity index (χ2n) is 3.89. The summed E-state index contributed by atoms with van der Waals surface area (Å²) in [6.07, 6.45) is 5.17. The molecule has 0 N–H and O–H groups in total. The predicted molar refractivity (Wildman–Crippen MR) is 70.4 cm³/mol. The third-order valence-corrected chi connectivity index (χ3v) is 3.07. The Balaban J connectivity index is 2.87. The second-order valence-corrected chi connectivity index (χ2v) is 4.27. The summed E-state index contributed by atoms with van der Waals surface area (Å²) in [6.45, 7) is 4.78. The number of carbonyl (C=O) groups excluding carboxylic acids is 1. The van der Waals surface area contributed by atoms with Crippen LogP contribution in [0.25, 0.3) is 0 Å². The Hall–Kier alpha value is -1.09. The summed E-state index contributed by atoms with van der Waals surface area (Å²) in [7, 11) is 0. The molecular weight excluding hydrogens is 236 g/mol. The van der Waals surface area contributed by atoms with E-state index in [9.17, 15) is 4.79 Å². The normalized spacial score (nSPS) is 10.6. The summed E-state index contributed by atoms with van der Waals surface area (Å²) in [5, 5.41) is 0. The Morgan fingerprint density at radius 3 is 2.41 bits per heavy atom. The number of aromatic nitrogens is 1. The third kappa shape index (κ3) is 3.70. The molecule has 17 heavy (non-hydrogen) atoms. The monoisotopic (exact) mass is 254 g/mol. The number of nitrogens with zero attached hydrogens (tertiary/aromatic N) is 2. The number of pyridine rings is 1. The van der Waals surface area contributed by atoms with Crippen molar-refractivity contribution >= 4 is 17.5 Å². The highest BCUT2D eigenvalue weighted by Crippen LogP contribution is 2.13. The van der Waals surface area contributed by atoms with Crippen LogP contribution in [0.3, 0.4) is 0 Å². The van der Waals surface area contributed by atoms with Crippen LogP contribution in [0.1, 0.15) is 37.0 Å². The lowest BCUT2D eigenvalue weighted by Gasteiger charge is -2.30. The summed E-state index contributed by atoms with van der Waals surface area (Å²) in [4.78, 5) is 18.1. The topological polar surface area (TPSA) is 33.2 Å². The summed E-state index contributed by atoms with van der Waals surface area (Å²) in [5.74, 6) is 0.509. The van der Waals surface area contributed by atoms with E-state index in [0.29, 0.717) is 18.0 Å². The van der Waals surface area contributed by atoms with Gasteiger partial charge in [0.25, 0.3) is 5.91 Å². The lowest BCUT2D eigenvalue weighted by molar-refractivity contribution is 0.0681. The molecule has 0 fully saturated rings. The van der Waals surface area contributed by atoms with Crippen LogP contribution in [0.2, 0.25) is 0 Å². The molecule has 0 spiro atoms. The van der Waals surface area contributed by atoms with Crippen LogP contribution >= 0.6 is 11.6 Å². The quantitative estimate of drug-likeness (QED) is 0.732. The molecule has 4 heteroatoms. The van der Waals surface area contributed by atoms with Gasteiger partial charge in [-0.25, -0.2) is 0 Å². The average molecular weight is 255 g/mol. The van der Waals surface area contributed by atoms with E-state index in [2.05, 4.69) is 18.8 Å². The fourth-order valence-electron chi connectivity index (χ4n) is 1.93. The largest absolute Gasteiger partial charge is 0.334 e. The van der Waals surface area contributed by atoms with Gasteiger partial charge in [-0.1, -0.05) is 13.8 Å². The molecular formula is C13H19ClN2O. The van der Waals surface area contributed by atoms with Gasteiger partial charge in [0.2, 0.25) is 0 Å². The summed E-state index contributed by atoms with van der Waals surface area (Å²) < 4.78 is 0. The van der Waals surface area contributed by atoms with E-state index in [1.807, 2.05) is 4.90 Å². The van der Waals surface area contributed by atoms with Crippen molar-refractivity contribution in [3.8, 4) is 0 Å². The maximum absolute atomic E-state index is 12.3. The first kappa shape index (κ1) is 14.0. The SMILES string of the molecule is CCC(CC)N(CCCl)C(=O)c1ccncc1. The minimum Gasteiger partial charge on any atom is -0.334 e. The van der Waals surface area contributed by atoms with Gasteiger partial charge in [0, 0.05) is 36.4 Å². The Bertz CT molecular complexity index is 339. The first-order chi connectivity index (χ1) is 8.24. The van der Waals surface area contributed by atoms with Gasteiger partial charge in [-0.2, -0.15) is 0 Å². The number of alkyl halides is 1. The molecule has 0 bridgehead atoms. The van der Waals surface area contributed by atoms with E-state index in [1.54, 1.807) is 24.5 Å². The number of halogens is 1. The zero-order valence-electron chi connectivity index (χ0n) is 10.4. The summed E-state index contributed by atoms with van der Waals surface area (Å²) in [5.41, 5.74) is 0.678. The highest BCUT2D eigenvalue weighted by atomic mass is 35.5. The minimum atomic E-state index is 0.0433.